The summed E-state index contributed by atoms with van der Waals surface area (Å²) >= 11 is 0. The van der Waals surface area contributed by atoms with Gasteiger partial charge in [0.1, 0.15) is 18.3 Å². The van der Waals surface area contributed by atoms with Gasteiger partial charge in [-0.15, -0.1) is 0 Å². The van der Waals surface area contributed by atoms with Gasteiger partial charge in [0.05, 0.1) is 28.7 Å². The average Bonchev–Trinajstić information content (AvgIpc) is 3.29. The molecule has 1 amide bonds. The lowest BCUT2D eigenvalue weighted by Gasteiger charge is -2.36. The molecule has 0 aliphatic carbocycles. The first kappa shape index (κ1) is 25.6. The number of para-hydroxylation sites is 1. The summed E-state index contributed by atoms with van der Waals surface area (Å²) in [7, 11) is 2.06. The number of fused-ring (bicyclic) bond motifs is 1. The Kier molecular flexibility index (Phi) is 7.50. The van der Waals surface area contributed by atoms with Crippen molar-refractivity contribution in [2.24, 2.45) is 0 Å². The molecule has 4 aromatic rings. The average molecular weight is 523 g/mol. The molecule has 198 valence electrons. The van der Waals surface area contributed by atoms with Crippen molar-refractivity contribution in [3.63, 3.8) is 0 Å². The van der Waals surface area contributed by atoms with Crippen LogP contribution in [0.5, 0.6) is 0 Å². The van der Waals surface area contributed by atoms with Gasteiger partial charge in [0.15, 0.2) is 0 Å². The Balaban J connectivity index is 1.39. The van der Waals surface area contributed by atoms with Crippen molar-refractivity contribution in [3.8, 4) is 0 Å². The van der Waals surface area contributed by atoms with Crippen LogP contribution in [0.3, 0.4) is 0 Å². The topological polar surface area (TPSA) is 65.4 Å². The van der Waals surface area contributed by atoms with Gasteiger partial charge in [-0.25, -0.2) is 18.6 Å². The minimum atomic E-state index is -0.614. The van der Waals surface area contributed by atoms with Gasteiger partial charge in [0, 0.05) is 44.2 Å². The zero-order valence-electron chi connectivity index (χ0n) is 21.1. The third-order valence-corrected chi connectivity index (χ3v) is 6.68. The van der Waals surface area contributed by atoms with E-state index in [-0.39, 0.29) is 12.5 Å². The summed E-state index contributed by atoms with van der Waals surface area (Å²) in [6.07, 6.45) is 1.99. The Morgan fingerprint density at radius 3 is 2.47 bits per heavy atom. The minimum absolute atomic E-state index is 0.153. The van der Waals surface area contributed by atoms with E-state index in [1.807, 2.05) is 24.3 Å². The number of benzene rings is 3. The number of carbonyl (C=O) groups is 1. The van der Waals surface area contributed by atoms with Gasteiger partial charge in [-0.05, 0) is 61.0 Å². The van der Waals surface area contributed by atoms with E-state index in [1.54, 1.807) is 18.3 Å². The molecule has 0 saturated carbocycles. The number of piperazine rings is 1. The first-order valence-corrected chi connectivity index (χ1v) is 12.5. The predicted molar refractivity (Wildman–Crippen MR) is 143 cm³/mol. The zero-order chi connectivity index (χ0) is 26.6. The molecule has 1 fully saturated rings. The van der Waals surface area contributed by atoms with Crippen molar-refractivity contribution >= 4 is 28.2 Å². The van der Waals surface area contributed by atoms with Gasteiger partial charge in [-0.2, -0.15) is 9.89 Å². The summed E-state index contributed by atoms with van der Waals surface area (Å²) in [5.74, 6) is -1.57. The smallest absolute Gasteiger partial charge is 0.273 e. The number of carbonyl (C=O) groups excluding carboxylic acids is 1. The van der Waals surface area contributed by atoms with Crippen molar-refractivity contribution in [2.75, 3.05) is 62.1 Å². The maximum absolute atomic E-state index is 13.6. The van der Waals surface area contributed by atoms with Crippen LogP contribution >= 0.6 is 0 Å². The largest absolute Gasteiger partial charge is 0.381 e. The predicted octanol–water partition coefficient (Wildman–Crippen LogP) is 4.42. The Hall–Kier alpha value is -4.05. The van der Waals surface area contributed by atoms with E-state index in [9.17, 15) is 18.0 Å². The van der Waals surface area contributed by atoms with Gasteiger partial charge < -0.3 is 15.1 Å². The van der Waals surface area contributed by atoms with Crippen molar-refractivity contribution in [1.82, 2.24) is 14.8 Å². The number of hydrogen-bond acceptors (Lipinski definition) is 5. The van der Waals surface area contributed by atoms with Crippen LogP contribution in [0.25, 0.3) is 10.9 Å². The number of alkyl halides is 1. The monoisotopic (exact) mass is 522 g/mol. The van der Waals surface area contributed by atoms with Gasteiger partial charge >= 0.3 is 0 Å². The summed E-state index contributed by atoms with van der Waals surface area (Å²) in [6.45, 7) is 2.83. The Bertz CT molecular complexity index is 1430. The molecular weight excluding hydrogens is 493 g/mol. The number of anilines is 2. The molecule has 1 saturated heterocycles. The lowest BCUT2D eigenvalue weighted by Crippen LogP contribution is -2.45. The molecule has 38 heavy (non-hydrogen) atoms. The van der Waals surface area contributed by atoms with Crippen LogP contribution in [0, 0.1) is 11.6 Å². The maximum atomic E-state index is 13.6. The molecule has 0 radical (unpaired) electrons. The molecule has 2 N–H and O–H groups in total. The molecule has 3 aromatic carbocycles. The standard InChI is InChI=1S/C28H29F3N6O/c1-35-9-11-36(12-10-35)27-24(3-2-4-25(27)32-8-7-29)28(38)34-37-26-6-5-19(14-21(26)18-33-37)13-20-15-22(30)17-23(31)16-20/h2-6,14-18,32H,7-13H2,1H3,(H,34,38). The molecule has 1 aliphatic rings. The molecule has 7 nitrogen and oxygen atoms in total. The molecule has 10 heteroatoms. The number of rotatable bonds is 8. The molecule has 1 aliphatic heterocycles. The van der Waals surface area contributed by atoms with Crippen LogP contribution in [-0.4, -0.2) is 67.1 Å². The van der Waals surface area contributed by atoms with Gasteiger partial charge in [-0.3, -0.25) is 4.79 Å². The molecule has 2 heterocycles. The number of halogens is 3. The number of aromatic nitrogens is 2. The molecule has 5 rings (SSSR count). The molecule has 1 aromatic heterocycles. The Morgan fingerprint density at radius 2 is 1.74 bits per heavy atom. The molecule has 0 bridgehead atoms. The summed E-state index contributed by atoms with van der Waals surface area (Å²) in [5, 5.41) is 8.22. The molecular formula is C28H29F3N6O. The summed E-state index contributed by atoms with van der Waals surface area (Å²) < 4.78 is 40.1. The molecule has 0 unspecified atom stereocenters. The molecule has 0 spiro atoms. The van der Waals surface area contributed by atoms with E-state index in [4.69, 9.17) is 0 Å². The lowest BCUT2D eigenvalue weighted by atomic mass is 10.0. The van der Waals surface area contributed by atoms with Crippen LogP contribution in [0.4, 0.5) is 24.5 Å². The number of hydrogen-bond donors (Lipinski definition) is 2. The fourth-order valence-corrected chi connectivity index (χ4v) is 4.81. The fraction of sp³-hybridized carbons (Fsp3) is 0.286. The third-order valence-electron chi connectivity index (χ3n) is 6.68. The van der Waals surface area contributed by atoms with Gasteiger partial charge in [0.2, 0.25) is 0 Å². The van der Waals surface area contributed by atoms with Gasteiger partial charge in [-0.1, -0.05) is 12.1 Å². The fourth-order valence-electron chi connectivity index (χ4n) is 4.81. The van der Waals surface area contributed by atoms with Crippen LogP contribution < -0.4 is 15.6 Å². The van der Waals surface area contributed by atoms with Crippen molar-refractivity contribution < 1.29 is 18.0 Å². The van der Waals surface area contributed by atoms with E-state index >= 15 is 0 Å². The highest BCUT2D eigenvalue weighted by Crippen LogP contribution is 2.31. The first-order valence-electron chi connectivity index (χ1n) is 12.5. The van der Waals surface area contributed by atoms with E-state index in [0.717, 1.165) is 48.9 Å². The van der Waals surface area contributed by atoms with Crippen LogP contribution in [-0.2, 0) is 6.42 Å². The Morgan fingerprint density at radius 1 is 0.974 bits per heavy atom. The van der Waals surface area contributed by atoms with E-state index in [2.05, 4.69) is 32.7 Å². The van der Waals surface area contributed by atoms with Crippen molar-refractivity contribution in [3.05, 3.63) is 89.1 Å². The van der Waals surface area contributed by atoms with E-state index in [0.29, 0.717) is 28.8 Å². The van der Waals surface area contributed by atoms with E-state index < -0.39 is 18.3 Å². The van der Waals surface area contributed by atoms with Gasteiger partial charge in [0.25, 0.3) is 5.91 Å². The molecule has 0 atom stereocenters. The highest BCUT2D eigenvalue weighted by atomic mass is 19.1. The number of nitrogens with one attached hydrogen (secondary N) is 2. The lowest BCUT2D eigenvalue weighted by molar-refractivity contribution is 0.101. The zero-order valence-corrected chi connectivity index (χ0v) is 21.1. The van der Waals surface area contributed by atoms with Crippen LogP contribution in [0.1, 0.15) is 21.5 Å². The maximum Gasteiger partial charge on any atom is 0.273 e. The second-order valence-corrected chi connectivity index (χ2v) is 9.45. The number of nitrogens with zero attached hydrogens (tertiary/aromatic N) is 4. The van der Waals surface area contributed by atoms with Crippen LogP contribution in [0.2, 0.25) is 0 Å². The highest BCUT2D eigenvalue weighted by Gasteiger charge is 2.24. The normalized spacial score (nSPS) is 14.2. The number of amides is 1. The Labute approximate surface area is 218 Å². The second-order valence-electron chi connectivity index (χ2n) is 9.45. The van der Waals surface area contributed by atoms with E-state index in [1.165, 1.54) is 16.9 Å². The quantitative estimate of drug-likeness (QED) is 0.359. The van der Waals surface area contributed by atoms with Crippen molar-refractivity contribution in [2.45, 2.75) is 6.42 Å². The number of likely N-dealkylation sites (N-methyl/N-ethyl adjacent to an activating group) is 1. The summed E-state index contributed by atoms with van der Waals surface area (Å²) in [5.41, 5.74) is 6.85. The highest BCUT2D eigenvalue weighted by molar-refractivity contribution is 6.07. The third kappa shape index (κ3) is 5.60. The SMILES string of the molecule is CN1CCN(c2c(NCCF)cccc2C(=O)Nn2ncc3cc(Cc4cc(F)cc(F)c4)ccc32)CC1. The second kappa shape index (κ2) is 11.1. The van der Waals surface area contributed by atoms with Crippen LogP contribution in [0.15, 0.2) is 60.8 Å². The summed E-state index contributed by atoms with van der Waals surface area (Å²) in [6, 6.07) is 14.4. The first-order chi connectivity index (χ1) is 18.4. The van der Waals surface area contributed by atoms with Crippen molar-refractivity contribution in [1.29, 1.82) is 0 Å². The summed E-state index contributed by atoms with van der Waals surface area (Å²) in [4.78, 5) is 19.3. The minimum Gasteiger partial charge on any atom is -0.381 e.